The third kappa shape index (κ3) is 3.46. The van der Waals surface area contributed by atoms with Crippen molar-refractivity contribution in [2.75, 3.05) is 27.2 Å². The van der Waals surface area contributed by atoms with Gasteiger partial charge in [0, 0.05) is 12.6 Å². The molecule has 1 N–H and O–H groups in total. The highest BCUT2D eigenvalue weighted by atomic mass is 19.4. The molecule has 0 amide bonds. The van der Waals surface area contributed by atoms with Gasteiger partial charge in [0.2, 0.25) is 0 Å². The van der Waals surface area contributed by atoms with Crippen LogP contribution in [0.4, 0.5) is 13.2 Å². The van der Waals surface area contributed by atoms with Crippen molar-refractivity contribution >= 4 is 0 Å². The van der Waals surface area contributed by atoms with Crippen molar-refractivity contribution in [2.45, 2.75) is 25.1 Å². The fourth-order valence-electron chi connectivity index (χ4n) is 2.05. The third-order valence-corrected chi connectivity index (χ3v) is 2.82. The van der Waals surface area contributed by atoms with Crippen LogP contribution in [-0.2, 0) is 0 Å². The molecular formula is C9H17F3N2. The van der Waals surface area contributed by atoms with Crippen LogP contribution in [0.5, 0.6) is 0 Å². The van der Waals surface area contributed by atoms with Crippen molar-refractivity contribution in [1.82, 2.24) is 10.2 Å². The Kier molecular flexibility index (Phi) is 3.78. The van der Waals surface area contributed by atoms with Gasteiger partial charge in [0.1, 0.15) is 0 Å². The average molecular weight is 210 g/mol. The van der Waals surface area contributed by atoms with E-state index >= 15 is 0 Å². The molecule has 2 atom stereocenters. The largest absolute Gasteiger partial charge is 0.390 e. The summed E-state index contributed by atoms with van der Waals surface area (Å²) in [7, 11) is 3.55. The molecule has 0 saturated carbocycles. The number of nitrogens with zero attached hydrogens (tertiary/aromatic N) is 1. The molecular weight excluding hydrogens is 193 g/mol. The third-order valence-electron chi connectivity index (χ3n) is 2.82. The summed E-state index contributed by atoms with van der Waals surface area (Å²) in [5.41, 5.74) is 0. The molecule has 0 aromatic heterocycles. The van der Waals surface area contributed by atoms with Gasteiger partial charge >= 0.3 is 6.18 Å². The molecule has 0 aromatic carbocycles. The second-order valence-corrected chi connectivity index (χ2v) is 4.03. The van der Waals surface area contributed by atoms with Gasteiger partial charge in [-0.1, -0.05) is 0 Å². The van der Waals surface area contributed by atoms with E-state index in [0.29, 0.717) is 0 Å². The number of hydrogen-bond acceptors (Lipinski definition) is 2. The van der Waals surface area contributed by atoms with Crippen molar-refractivity contribution in [3.8, 4) is 0 Å². The Morgan fingerprint density at radius 3 is 2.50 bits per heavy atom. The molecule has 1 rings (SSSR count). The van der Waals surface area contributed by atoms with Crippen LogP contribution in [0.2, 0.25) is 0 Å². The minimum atomic E-state index is -4.06. The van der Waals surface area contributed by atoms with Crippen LogP contribution in [0.3, 0.4) is 0 Å². The van der Waals surface area contributed by atoms with E-state index in [4.69, 9.17) is 0 Å². The zero-order chi connectivity index (χ0) is 10.8. The maximum absolute atomic E-state index is 12.2. The van der Waals surface area contributed by atoms with Gasteiger partial charge in [0.25, 0.3) is 0 Å². The van der Waals surface area contributed by atoms with E-state index in [9.17, 15) is 13.2 Å². The summed E-state index contributed by atoms with van der Waals surface area (Å²) in [5, 5.41) is 2.77. The van der Waals surface area contributed by atoms with Crippen molar-refractivity contribution in [3.05, 3.63) is 0 Å². The van der Waals surface area contributed by atoms with E-state index in [1.807, 2.05) is 7.05 Å². The second kappa shape index (κ2) is 4.49. The quantitative estimate of drug-likeness (QED) is 0.759. The maximum atomic E-state index is 12.2. The van der Waals surface area contributed by atoms with Gasteiger partial charge in [-0.05, 0) is 33.0 Å². The highest BCUT2D eigenvalue weighted by molar-refractivity contribution is 4.84. The molecule has 1 heterocycles. The van der Waals surface area contributed by atoms with Crippen molar-refractivity contribution < 1.29 is 13.2 Å². The van der Waals surface area contributed by atoms with Crippen molar-refractivity contribution in [2.24, 2.45) is 5.92 Å². The van der Waals surface area contributed by atoms with Gasteiger partial charge in [-0.25, -0.2) is 0 Å². The first kappa shape index (κ1) is 11.8. The topological polar surface area (TPSA) is 15.3 Å². The first-order chi connectivity index (χ1) is 6.42. The van der Waals surface area contributed by atoms with E-state index < -0.39 is 18.6 Å². The van der Waals surface area contributed by atoms with Gasteiger partial charge in [-0.15, -0.1) is 0 Å². The number of hydrogen-bond donors (Lipinski definition) is 1. The van der Waals surface area contributed by atoms with Crippen LogP contribution in [0, 0.1) is 5.92 Å². The summed E-state index contributed by atoms with van der Waals surface area (Å²) in [6.07, 6.45) is -3.92. The summed E-state index contributed by atoms with van der Waals surface area (Å²) in [5.74, 6) is 0.131. The second-order valence-electron chi connectivity index (χ2n) is 4.03. The Balaban J connectivity index is 2.46. The lowest BCUT2D eigenvalue weighted by Gasteiger charge is -2.24. The van der Waals surface area contributed by atoms with Crippen molar-refractivity contribution in [3.63, 3.8) is 0 Å². The molecule has 1 aliphatic heterocycles. The van der Waals surface area contributed by atoms with E-state index in [0.717, 1.165) is 19.5 Å². The fraction of sp³-hybridized carbons (Fsp3) is 1.00. The first-order valence-electron chi connectivity index (χ1n) is 4.85. The molecule has 0 aromatic rings. The van der Waals surface area contributed by atoms with E-state index in [2.05, 4.69) is 10.2 Å². The summed E-state index contributed by atoms with van der Waals surface area (Å²) >= 11 is 0. The molecule has 5 heteroatoms. The van der Waals surface area contributed by atoms with Crippen LogP contribution in [0.15, 0.2) is 0 Å². The number of alkyl halides is 3. The number of nitrogens with one attached hydrogen (secondary N) is 1. The Hall–Kier alpha value is -0.290. The van der Waals surface area contributed by atoms with Crippen LogP contribution >= 0.6 is 0 Å². The Morgan fingerprint density at radius 2 is 2.14 bits per heavy atom. The molecule has 1 fully saturated rings. The standard InChI is InChI=1S/C9H17F3N2/c1-13-8(5-9(10,11)12)7-3-4-14(2)6-7/h7-8,13H,3-6H2,1-2H3. The van der Waals surface area contributed by atoms with Gasteiger partial charge < -0.3 is 10.2 Å². The summed E-state index contributed by atoms with van der Waals surface area (Å²) in [4.78, 5) is 2.07. The highest BCUT2D eigenvalue weighted by Crippen LogP contribution is 2.28. The molecule has 0 bridgehead atoms. The smallest absolute Gasteiger partial charge is 0.316 e. The summed E-state index contributed by atoms with van der Waals surface area (Å²) in [6.45, 7) is 1.67. The Bertz CT molecular complexity index is 181. The van der Waals surface area contributed by atoms with Crippen molar-refractivity contribution in [1.29, 1.82) is 0 Å². The number of rotatable bonds is 3. The van der Waals surface area contributed by atoms with E-state index in [1.54, 1.807) is 7.05 Å². The number of halogens is 3. The van der Waals surface area contributed by atoms with Gasteiger partial charge in [-0.2, -0.15) is 13.2 Å². The van der Waals surface area contributed by atoms with Crippen LogP contribution < -0.4 is 5.32 Å². The van der Waals surface area contributed by atoms with E-state index in [1.165, 1.54) is 0 Å². The average Bonchev–Trinajstić information content (AvgIpc) is 2.46. The predicted molar refractivity (Wildman–Crippen MR) is 49.1 cm³/mol. The van der Waals surface area contributed by atoms with E-state index in [-0.39, 0.29) is 5.92 Å². The van der Waals surface area contributed by atoms with Crippen LogP contribution in [-0.4, -0.2) is 44.3 Å². The zero-order valence-corrected chi connectivity index (χ0v) is 8.56. The molecule has 1 saturated heterocycles. The van der Waals surface area contributed by atoms with Gasteiger partial charge in [0.15, 0.2) is 0 Å². The fourth-order valence-corrected chi connectivity index (χ4v) is 2.05. The normalized spacial score (nSPS) is 26.8. The van der Waals surface area contributed by atoms with Gasteiger partial charge in [-0.3, -0.25) is 0 Å². The number of likely N-dealkylation sites (tertiary alicyclic amines) is 1. The van der Waals surface area contributed by atoms with Gasteiger partial charge in [0.05, 0.1) is 6.42 Å². The molecule has 84 valence electrons. The SMILES string of the molecule is CNC(CC(F)(F)F)C1CCN(C)C1. The lowest BCUT2D eigenvalue weighted by atomic mass is 9.96. The highest BCUT2D eigenvalue weighted by Gasteiger charge is 2.36. The predicted octanol–water partition coefficient (Wildman–Crippen LogP) is 1.48. The van der Waals surface area contributed by atoms with Crippen LogP contribution in [0.1, 0.15) is 12.8 Å². The monoisotopic (exact) mass is 210 g/mol. The zero-order valence-electron chi connectivity index (χ0n) is 8.56. The lowest BCUT2D eigenvalue weighted by Crippen LogP contribution is -2.38. The molecule has 0 radical (unpaired) electrons. The molecule has 1 aliphatic rings. The lowest BCUT2D eigenvalue weighted by molar-refractivity contribution is -0.142. The molecule has 0 spiro atoms. The Labute approximate surface area is 82.5 Å². The molecule has 14 heavy (non-hydrogen) atoms. The summed E-state index contributed by atoms with van der Waals surface area (Å²) < 4.78 is 36.6. The molecule has 0 aliphatic carbocycles. The minimum absolute atomic E-state index is 0.131. The minimum Gasteiger partial charge on any atom is -0.316 e. The van der Waals surface area contributed by atoms with Crippen LogP contribution in [0.25, 0.3) is 0 Å². The molecule has 2 nitrogen and oxygen atoms in total. The first-order valence-corrected chi connectivity index (χ1v) is 4.85. The molecule has 2 unspecified atom stereocenters. The maximum Gasteiger partial charge on any atom is 0.390 e. The Morgan fingerprint density at radius 1 is 1.50 bits per heavy atom. The summed E-state index contributed by atoms with van der Waals surface area (Å²) in [6, 6.07) is -0.431.